The molecule has 0 radical (unpaired) electrons. The molecule has 0 bridgehead atoms. The van der Waals surface area contributed by atoms with Crippen LogP contribution in [0.25, 0.3) is 0 Å². The van der Waals surface area contributed by atoms with Crippen molar-refractivity contribution in [1.82, 2.24) is 10.0 Å². The molecule has 3 amide bonds. The molecule has 8 nitrogen and oxygen atoms in total. The fourth-order valence-corrected chi connectivity index (χ4v) is 5.13. The van der Waals surface area contributed by atoms with Crippen molar-refractivity contribution in [2.75, 3.05) is 19.1 Å². The fourth-order valence-electron chi connectivity index (χ4n) is 3.22. The number of ether oxygens (including phenoxy) is 1. The second-order valence-electron chi connectivity index (χ2n) is 7.28. The highest BCUT2D eigenvalue weighted by Gasteiger charge is 2.28. The molecule has 0 fully saturated rings. The minimum absolute atomic E-state index is 0.00312. The Labute approximate surface area is 197 Å². The molecule has 0 saturated heterocycles. The predicted molar refractivity (Wildman–Crippen MR) is 128 cm³/mol. The highest BCUT2D eigenvalue weighted by molar-refractivity contribution is 7.90. The van der Waals surface area contributed by atoms with Crippen LogP contribution in [-0.2, 0) is 21.2 Å². The molecule has 3 aromatic rings. The first-order chi connectivity index (χ1) is 15.7. The number of nitrogens with zero attached hydrogens (tertiary/aromatic N) is 1. The Morgan fingerprint density at radius 2 is 1.76 bits per heavy atom. The van der Waals surface area contributed by atoms with E-state index in [1.165, 1.54) is 22.3 Å². The van der Waals surface area contributed by atoms with Crippen molar-refractivity contribution in [3.8, 4) is 5.75 Å². The van der Waals surface area contributed by atoms with Crippen LogP contribution in [0.3, 0.4) is 0 Å². The van der Waals surface area contributed by atoms with Crippen molar-refractivity contribution in [3.05, 3.63) is 76.5 Å². The number of benzene rings is 2. The molecule has 0 saturated carbocycles. The summed E-state index contributed by atoms with van der Waals surface area (Å²) < 4.78 is 32.5. The van der Waals surface area contributed by atoms with Gasteiger partial charge in [-0.05, 0) is 54.3 Å². The summed E-state index contributed by atoms with van der Waals surface area (Å²) in [6.07, 6.45) is 0.217. The van der Waals surface area contributed by atoms with Crippen LogP contribution in [0.1, 0.15) is 10.4 Å². The average molecular weight is 488 g/mol. The van der Waals surface area contributed by atoms with E-state index in [2.05, 4.69) is 5.32 Å². The van der Waals surface area contributed by atoms with Crippen molar-refractivity contribution in [1.29, 1.82) is 0 Å². The standard InChI is InChI=1S/C23H25N3O5S2/c1-16-7-4-5-9-21(16)33(29,30)25-23(28)24-20(15-19-8-6-14-32-19)22(27)26(2)17-10-12-18(31-3)13-11-17/h4-14,20H,15H2,1-3H3,(H2,24,25,28). The van der Waals surface area contributed by atoms with E-state index < -0.39 is 28.0 Å². The van der Waals surface area contributed by atoms with Gasteiger partial charge < -0.3 is 15.0 Å². The summed E-state index contributed by atoms with van der Waals surface area (Å²) in [7, 11) is -0.959. The first-order valence-corrected chi connectivity index (χ1v) is 12.4. The molecule has 1 heterocycles. The second kappa shape index (κ2) is 10.5. The summed E-state index contributed by atoms with van der Waals surface area (Å²) in [6.45, 7) is 1.64. The van der Waals surface area contributed by atoms with Gasteiger partial charge in [0, 0.05) is 24.0 Å². The minimum Gasteiger partial charge on any atom is -0.497 e. The number of amides is 3. The molecular weight excluding hydrogens is 462 g/mol. The van der Waals surface area contributed by atoms with E-state index in [1.54, 1.807) is 63.5 Å². The Morgan fingerprint density at radius 1 is 1.06 bits per heavy atom. The molecular formula is C23H25N3O5S2. The number of hydrogen-bond donors (Lipinski definition) is 2. The predicted octanol–water partition coefficient (Wildman–Crippen LogP) is 3.33. The number of sulfonamides is 1. The number of rotatable bonds is 8. The van der Waals surface area contributed by atoms with Gasteiger partial charge in [0.2, 0.25) is 5.91 Å². The van der Waals surface area contributed by atoms with Crippen LogP contribution < -0.4 is 19.7 Å². The summed E-state index contributed by atoms with van der Waals surface area (Å²) in [5.41, 5.74) is 1.11. The van der Waals surface area contributed by atoms with E-state index in [4.69, 9.17) is 4.74 Å². The Hall–Kier alpha value is -3.37. The van der Waals surface area contributed by atoms with Gasteiger partial charge in [0.25, 0.3) is 10.0 Å². The lowest BCUT2D eigenvalue weighted by atomic mass is 10.1. The van der Waals surface area contributed by atoms with Gasteiger partial charge >= 0.3 is 6.03 Å². The number of hydrogen-bond acceptors (Lipinski definition) is 6. The van der Waals surface area contributed by atoms with Crippen LogP contribution in [-0.4, -0.2) is 40.6 Å². The maximum Gasteiger partial charge on any atom is 0.329 e. The van der Waals surface area contributed by atoms with Gasteiger partial charge in [0.15, 0.2) is 0 Å². The monoisotopic (exact) mass is 487 g/mol. The summed E-state index contributed by atoms with van der Waals surface area (Å²) in [4.78, 5) is 28.2. The number of nitrogens with one attached hydrogen (secondary N) is 2. The van der Waals surface area contributed by atoms with Gasteiger partial charge in [0.1, 0.15) is 11.8 Å². The Bertz CT molecular complexity index is 1210. The van der Waals surface area contributed by atoms with E-state index in [0.29, 0.717) is 17.0 Å². The number of carbonyl (C=O) groups is 2. The number of likely N-dealkylation sites (N-methyl/N-ethyl adjacent to an activating group) is 1. The van der Waals surface area contributed by atoms with Gasteiger partial charge in [-0.15, -0.1) is 11.3 Å². The third-order valence-electron chi connectivity index (χ3n) is 4.99. The zero-order valence-corrected chi connectivity index (χ0v) is 20.1. The van der Waals surface area contributed by atoms with Crippen molar-refractivity contribution < 1.29 is 22.7 Å². The second-order valence-corrected chi connectivity index (χ2v) is 9.96. The summed E-state index contributed by atoms with van der Waals surface area (Å²) in [5.74, 6) is 0.255. The molecule has 33 heavy (non-hydrogen) atoms. The van der Waals surface area contributed by atoms with Crippen molar-refractivity contribution in [2.45, 2.75) is 24.3 Å². The molecule has 1 atom stereocenters. The molecule has 0 aliphatic rings. The molecule has 10 heteroatoms. The normalized spacial score (nSPS) is 12.0. The maximum absolute atomic E-state index is 13.3. The number of urea groups is 1. The van der Waals surface area contributed by atoms with Crippen LogP contribution in [0.4, 0.5) is 10.5 Å². The van der Waals surface area contributed by atoms with Crippen molar-refractivity contribution in [3.63, 3.8) is 0 Å². The highest BCUT2D eigenvalue weighted by Crippen LogP contribution is 2.20. The van der Waals surface area contributed by atoms with Crippen LogP contribution in [0.5, 0.6) is 5.75 Å². The first kappa shape index (κ1) is 24.3. The maximum atomic E-state index is 13.3. The largest absolute Gasteiger partial charge is 0.497 e. The van der Waals surface area contributed by atoms with Crippen molar-refractivity contribution in [2.24, 2.45) is 0 Å². The van der Waals surface area contributed by atoms with Gasteiger partial charge in [-0.1, -0.05) is 24.3 Å². The van der Waals surface area contributed by atoms with E-state index in [1.807, 2.05) is 22.2 Å². The molecule has 2 N–H and O–H groups in total. The van der Waals surface area contributed by atoms with E-state index >= 15 is 0 Å². The zero-order chi connectivity index (χ0) is 24.0. The molecule has 2 aromatic carbocycles. The van der Waals surface area contributed by atoms with Gasteiger partial charge in [-0.3, -0.25) is 4.79 Å². The number of carbonyl (C=O) groups excluding carboxylic acids is 2. The molecule has 0 aliphatic heterocycles. The van der Waals surface area contributed by atoms with Crippen LogP contribution in [0.2, 0.25) is 0 Å². The Morgan fingerprint density at radius 3 is 2.36 bits per heavy atom. The van der Waals surface area contributed by atoms with E-state index in [-0.39, 0.29) is 11.3 Å². The number of methoxy groups -OCH3 is 1. The molecule has 174 valence electrons. The Balaban J connectivity index is 1.79. The lowest BCUT2D eigenvalue weighted by molar-refractivity contribution is -0.120. The fraction of sp³-hybridized carbons (Fsp3) is 0.217. The third-order valence-corrected chi connectivity index (χ3v) is 7.38. The van der Waals surface area contributed by atoms with Gasteiger partial charge in [-0.2, -0.15) is 0 Å². The Kier molecular flexibility index (Phi) is 7.72. The number of thiophene rings is 1. The first-order valence-electron chi connectivity index (χ1n) is 10.0. The SMILES string of the molecule is COc1ccc(N(C)C(=O)C(Cc2cccs2)NC(=O)NS(=O)(=O)c2ccccc2C)cc1. The topological polar surface area (TPSA) is 105 Å². The smallest absolute Gasteiger partial charge is 0.329 e. The quantitative estimate of drug-likeness (QED) is 0.507. The summed E-state index contributed by atoms with van der Waals surface area (Å²) in [6, 6.07) is 15.0. The summed E-state index contributed by atoms with van der Waals surface area (Å²) in [5, 5.41) is 4.40. The van der Waals surface area contributed by atoms with Gasteiger partial charge in [0.05, 0.1) is 12.0 Å². The minimum atomic E-state index is -4.10. The number of aryl methyl sites for hydroxylation is 1. The lowest BCUT2D eigenvalue weighted by Crippen LogP contribution is -2.52. The summed E-state index contributed by atoms with van der Waals surface area (Å²) >= 11 is 1.44. The van der Waals surface area contributed by atoms with E-state index in [0.717, 1.165) is 4.88 Å². The van der Waals surface area contributed by atoms with Gasteiger partial charge in [-0.25, -0.2) is 17.9 Å². The molecule has 3 rings (SSSR count). The molecule has 0 aliphatic carbocycles. The lowest BCUT2D eigenvalue weighted by Gasteiger charge is -2.25. The molecule has 1 aromatic heterocycles. The van der Waals surface area contributed by atoms with Crippen LogP contribution in [0, 0.1) is 6.92 Å². The number of anilines is 1. The van der Waals surface area contributed by atoms with Crippen molar-refractivity contribution >= 4 is 39.0 Å². The average Bonchev–Trinajstić information content (AvgIpc) is 3.30. The third kappa shape index (κ3) is 6.11. The molecule has 0 spiro atoms. The van der Waals surface area contributed by atoms with Crippen LogP contribution in [0.15, 0.2) is 70.9 Å². The molecule has 1 unspecified atom stereocenters. The zero-order valence-electron chi connectivity index (χ0n) is 18.4. The van der Waals surface area contributed by atoms with E-state index in [9.17, 15) is 18.0 Å². The van der Waals surface area contributed by atoms with Crippen LogP contribution >= 0.6 is 11.3 Å². The highest BCUT2D eigenvalue weighted by atomic mass is 32.2.